The van der Waals surface area contributed by atoms with Crippen molar-refractivity contribution in [2.75, 3.05) is 18.1 Å². The number of rotatable bonds is 8. The van der Waals surface area contributed by atoms with Gasteiger partial charge in [-0.15, -0.1) is 0 Å². The van der Waals surface area contributed by atoms with Crippen LogP contribution in [0.5, 0.6) is 5.75 Å². The fourth-order valence-electron chi connectivity index (χ4n) is 5.77. The van der Waals surface area contributed by atoms with Crippen molar-refractivity contribution in [1.82, 2.24) is 14.7 Å². The van der Waals surface area contributed by atoms with Crippen LogP contribution >= 0.6 is 0 Å². The van der Waals surface area contributed by atoms with Crippen LogP contribution in [0.2, 0.25) is 0 Å². The highest BCUT2D eigenvalue weighted by molar-refractivity contribution is 7.90. The van der Waals surface area contributed by atoms with Crippen molar-refractivity contribution in [2.45, 2.75) is 69.9 Å². The number of pyridine rings is 2. The molecule has 8 nitrogen and oxygen atoms in total. The van der Waals surface area contributed by atoms with Crippen molar-refractivity contribution >= 4 is 21.7 Å². The zero-order chi connectivity index (χ0) is 28.5. The Morgan fingerprint density at radius 3 is 2.55 bits per heavy atom. The van der Waals surface area contributed by atoms with E-state index in [2.05, 4.69) is 14.6 Å². The van der Waals surface area contributed by atoms with Gasteiger partial charge in [0.2, 0.25) is 0 Å². The lowest BCUT2D eigenvalue weighted by Gasteiger charge is -2.37. The molecule has 1 aliphatic heterocycles. The van der Waals surface area contributed by atoms with E-state index in [4.69, 9.17) is 9.72 Å². The Morgan fingerprint density at radius 1 is 1.07 bits per heavy atom. The molecule has 0 unspecified atom stereocenters. The predicted molar refractivity (Wildman–Crippen MR) is 151 cm³/mol. The maximum Gasteiger partial charge on any atom is 0.281 e. The van der Waals surface area contributed by atoms with Crippen molar-refractivity contribution in [3.8, 4) is 17.0 Å². The average Bonchev–Trinajstić information content (AvgIpc) is 3.56. The number of carbonyl (C=O) groups excluding carboxylic acids is 1. The Kier molecular flexibility index (Phi) is 7.81. The summed E-state index contributed by atoms with van der Waals surface area (Å²) in [6.45, 7) is 6.86. The van der Waals surface area contributed by atoms with Crippen LogP contribution < -0.4 is 14.4 Å². The molecule has 10 heteroatoms. The van der Waals surface area contributed by atoms with Gasteiger partial charge in [0.25, 0.3) is 15.9 Å². The van der Waals surface area contributed by atoms with Gasteiger partial charge in [0.15, 0.2) is 5.03 Å². The van der Waals surface area contributed by atoms with Crippen LogP contribution in [0.4, 0.5) is 10.2 Å². The smallest absolute Gasteiger partial charge is 0.281 e. The van der Waals surface area contributed by atoms with Crippen LogP contribution in [-0.4, -0.2) is 43.0 Å². The SMILES string of the molecule is Cc1cccc(S(=O)(=O)NC(=O)c2ccc(-c3cc(F)cc(OCC(C)C)c3)nc2N2CCCC23CCCC3)n1. The third-order valence-corrected chi connectivity index (χ3v) is 8.85. The van der Waals surface area contributed by atoms with Crippen LogP contribution in [0.1, 0.15) is 68.4 Å². The van der Waals surface area contributed by atoms with E-state index in [1.165, 1.54) is 18.2 Å². The Labute approximate surface area is 235 Å². The molecule has 1 N–H and O–H groups in total. The number of aryl methyl sites for hydroxylation is 1. The van der Waals surface area contributed by atoms with Crippen molar-refractivity contribution in [1.29, 1.82) is 0 Å². The molecule has 0 radical (unpaired) electrons. The molecule has 1 amide bonds. The lowest BCUT2D eigenvalue weighted by Crippen LogP contribution is -2.43. The number of carbonyl (C=O) groups is 1. The molecule has 212 valence electrons. The molecule has 3 aromatic rings. The third kappa shape index (κ3) is 5.82. The van der Waals surface area contributed by atoms with Crippen LogP contribution in [0.25, 0.3) is 11.3 Å². The number of nitrogens with zero attached hydrogens (tertiary/aromatic N) is 3. The van der Waals surface area contributed by atoms with Gasteiger partial charge < -0.3 is 9.64 Å². The van der Waals surface area contributed by atoms with Gasteiger partial charge in [-0.25, -0.2) is 19.1 Å². The second-order valence-electron chi connectivity index (χ2n) is 11.2. The molecular formula is C30H35FN4O4S. The first-order valence-corrected chi connectivity index (χ1v) is 15.3. The van der Waals surface area contributed by atoms with Gasteiger partial charge in [-0.1, -0.05) is 32.8 Å². The molecule has 0 bridgehead atoms. The van der Waals surface area contributed by atoms with Crippen molar-refractivity contribution in [3.05, 3.63) is 65.6 Å². The van der Waals surface area contributed by atoms with E-state index in [0.717, 1.165) is 38.5 Å². The first kappa shape index (κ1) is 28.0. The van der Waals surface area contributed by atoms with E-state index in [1.54, 1.807) is 37.3 Å². The minimum atomic E-state index is -4.21. The van der Waals surface area contributed by atoms with Crippen molar-refractivity contribution < 1.29 is 22.3 Å². The molecule has 1 saturated carbocycles. The first-order chi connectivity index (χ1) is 19.1. The summed E-state index contributed by atoms with van der Waals surface area (Å²) in [6.07, 6.45) is 6.08. The van der Waals surface area contributed by atoms with E-state index in [9.17, 15) is 17.6 Å². The number of halogens is 1. The topological polar surface area (TPSA) is 101 Å². The second-order valence-corrected chi connectivity index (χ2v) is 12.8. The van der Waals surface area contributed by atoms with Crippen LogP contribution in [0.3, 0.4) is 0 Å². The third-order valence-electron chi connectivity index (χ3n) is 7.62. The molecule has 1 aromatic carbocycles. The van der Waals surface area contributed by atoms with Gasteiger partial charge in [-0.2, -0.15) is 8.42 Å². The number of sulfonamides is 1. The molecule has 3 heterocycles. The molecule has 0 atom stereocenters. The standard InChI is InChI=1S/C30H35FN4O4S/c1-20(2)19-39-24-17-22(16-23(31)18-24)26-11-10-25(28(33-26)35-15-7-14-30(35)12-4-5-13-30)29(36)34-40(37,38)27-9-6-8-21(3)32-27/h6,8-11,16-18,20H,4-5,7,12-15,19H2,1-3H3,(H,34,36). The van der Waals surface area contributed by atoms with Crippen molar-refractivity contribution in [2.24, 2.45) is 5.92 Å². The molecule has 40 heavy (non-hydrogen) atoms. The second kappa shape index (κ2) is 11.2. The number of nitrogens with one attached hydrogen (secondary N) is 1. The van der Waals surface area contributed by atoms with E-state index < -0.39 is 21.7 Å². The minimum Gasteiger partial charge on any atom is -0.493 e. The largest absolute Gasteiger partial charge is 0.493 e. The number of ether oxygens (including phenoxy) is 1. The average molecular weight is 567 g/mol. The van der Waals surface area contributed by atoms with Crippen LogP contribution in [-0.2, 0) is 10.0 Å². The van der Waals surface area contributed by atoms with Crippen LogP contribution in [0, 0.1) is 18.7 Å². The highest BCUT2D eigenvalue weighted by Gasteiger charge is 2.45. The van der Waals surface area contributed by atoms with E-state index in [0.29, 0.717) is 41.7 Å². The molecule has 1 aliphatic carbocycles. The van der Waals surface area contributed by atoms with E-state index in [1.807, 2.05) is 13.8 Å². The number of hydrogen-bond acceptors (Lipinski definition) is 7. The monoisotopic (exact) mass is 566 g/mol. The summed E-state index contributed by atoms with van der Waals surface area (Å²) in [7, 11) is -4.21. The van der Waals surface area contributed by atoms with E-state index >= 15 is 0 Å². The molecule has 5 rings (SSSR count). The predicted octanol–water partition coefficient (Wildman–Crippen LogP) is 5.66. The highest BCUT2D eigenvalue weighted by atomic mass is 32.2. The molecular weight excluding hydrogens is 531 g/mol. The summed E-state index contributed by atoms with van der Waals surface area (Å²) >= 11 is 0. The molecule has 1 saturated heterocycles. The van der Waals surface area contributed by atoms with Gasteiger partial charge in [-0.05, 0) is 74.9 Å². The van der Waals surface area contributed by atoms with Crippen LogP contribution in [0.15, 0.2) is 53.6 Å². The normalized spacial score (nSPS) is 16.6. The molecule has 2 aromatic heterocycles. The number of anilines is 1. The first-order valence-electron chi connectivity index (χ1n) is 13.8. The zero-order valence-corrected chi connectivity index (χ0v) is 23.9. The molecule has 2 aliphatic rings. The van der Waals surface area contributed by atoms with Gasteiger partial charge in [0.05, 0.1) is 17.9 Å². The Balaban J connectivity index is 1.55. The van der Waals surface area contributed by atoms with Gasteiger partial charge >= 0.3 is 0 Å². The highest BCUT2D eigenvalue weighted by Crippen LogP contribution is 2.46. The number of hydrogen-bond donors (Lipinski definition) is 1. The fraction of sp³-hybridized carbons (Fsp3) is 0.433. The summed E-state index contributed by atoms with van der Waals surface area (Å²) < 4.78 is 48.6. The zero-order valence-electron chi connectivity index (χ0n) is 23.1. The number of amides is 1. The quantitative estimate of drug-likeness (QED) is 0.376. The minimum absolute atomic E-state index is 0.120. The summed E-state index contributed by atoms with van der Waals surface area (Å²) in [5.74, 6) is -0.141. The lowest BCUT2D eigenvalue weighted by molar-refractivity contribution is 0.0981. The van der Waals surface area contributed by atoms with Crippen molar-refractivity contribution in [3.63, 3.8) is 0 Å². The fourth-order valence-corrected chi connectivity index (χ4v) is 6.75. The Hall–Kier alpha value is -3.53. The van der Waals surface area contributed by atoms with E-state index in [-0.39, 0.29) is 22.0 Å². The maximum atomic E-state index is 14.6. The Morgan fingerprint density at radius 2 is 1.82 bits per heavy atom. The number of aromatic nitrogens is 2. The number of benzene rings is 1. The molecule has 1 spiro atoms. The Bertz CT molecular complexity index is 1510. The summed E-state index contributed by atoms with van der Waals surface area (Å²) in [6, 6.07) is 12.3. The summed E-state index contributed by atoms with van der Waals surface area (Å²) in [5.41, 5.74) is 1.55. The van der Waals surface area contributed by atoms with Gasteiger partial charge in [0.1, 0.15) is 17.4 Å². The summed E-state index contributed by atoms with van der Waals surface area (Å²) in [4.78, 5) is 24.7. The maximum absolute atomic E-state index is 14.6. The summed E-state index contributed by atoms with van der Waals surface area (Å²) in [5, 5.41) is -0.228. The van der Waals surface area contributed by atoms with Gasteiger partial charge in [-0.3, -0.25) is 4.79 Å². The molecule has 2 fully saturated rings. The lowest BCUT2D eigenvalue weighted by atomic mass is 9.94. The van der Waals surface area contributed by atoms with Gasteiger partial charge in [0, 0.05) is 29.4 Å².